The zero-order valence-electron chi connectivity index (χ0n) is 26.5. The first-order valence-corrected chi connectivity index (χ1v) is 20.0. The molecule has 1 amide bonds. The van der Waals surface area contributed by atoms with Gasteiger partial charge >= 0.3 is 0 Å². The fourth-order valence-electron chi connectivity index (χ4n) is 7.95. The lowest BCUT2D eigenvalue weighted by Gasteiger charge is -2.49. The lowest BCUT2D eigenvalue weighted by Crippen LogP contribution is -2.54. The summed E-state index contributed by atoms with van der Waals surface area (Å²) in [4.78, 5) is 15.6. The number of nitrogens with zero attached hydrogens (tertiary/aromatic N) is 1. The number of halogens is 1. The third-order valence-electron chi connectivity index (χ3n) is 10.7. The van der Waals surface area contributed by atoms with E-state index in [0.29, 0.717) is 42.6 Å². The number of ether oxygens (including phenoxy) is 1. The topological polar surface area (TPSA) is 130 Å². The van der Waals surface area contributed by atoms with Crippen molar-refractivity contribution in [3.8, 4) is 5.75 Å². The molecular formula is C34H43ClN2O7S2. The number of carbonyl (C=O) groups excluding carboxylic acids is 1. The summed E-state index contributed by atoms with van der Waals surface area (Å²) in [7, 11) is -7.61. The predicted molar refractivity (Wildman–Crippen MR) is 180 cm³/mol. The highest BCUT2D eigenvalue weighted by molar-refractivity contribution is 7.91. The SMILES string of the molecule is C[C@@H]1[C@@H](C)C/C=C/[C@](O)(CS(C)(=O)=O)[C@@H]2CC[C@H]2CN2C[C@@]3(CCCc4cc(Cl)ccc43)COc3ccc(cc32)C(=O)NS1(=O)=O. The van der Waals surface area contributed by atoms with Gasteiger partial charge in [0.15, 0.2) is 9.84 Å². The first-order valence-electron chi connectivity index (χ1n) is 16.0. The van der Waals surface area contributed by atoms with Crippen molar-refractivity contribution < 1.29 is 31.5 Å². The van der Waals surface area contributed by atoms with Crippen LogP contribution in [0.4, 0.5) is 5.69 Å². The number of allylic oxidation sites excluding steroid dienone is 1. The van der Waals surface area contributed by atoms with Crippen LogP contribution in [-0.4, -0.2) is 70.4 Å². The van der Waals surface area contributed by atoms with Gasteiger partial charge in [0.25, 0.3) is 5.91 Å². The van der Waals surface area contributed by atoms with Crippen molar-refractivity contribution in [2.75, 3.05) is 36.6 Å². The maximum atomic E-state index is 13.4. The molecule has 2 aromatic rings. The minimum atomic E-state index is -4.05. The predicted octanol–water partition coefficient (Wildman–Crippen LogP) is 4.66. The highest BCUT2D eigenvalue weighted by atomic mass is 35.5. The van der Waals surface area contributed by atoms with Crippen molar-refractivity contribution in [1.82, 2.24) is 4.72 Å². The molecule has 2 heterocycles. The van der Waals surface area contributed by atoms with Crippen molar-refractivity contribution in [2.24, 2.45) is 17.8 Å². The fourth-order valence-corrected chi connectivity index (χ4v) is 10.6. The number of benzene rings is 2. The Balaban J connectivity index is 1.47. The number of sulfonamides is 1. The van der Waals surface area contributed by atoms with Gasteiger partial charge in [-0.2, -0.15) is 0 Å². The number of anilines is 1. The molecular weight excluding hydrogens is 648 g/mol. The zero-order valence-corrected chi connectivity index (χ0v) is 28.9. The van der Waals surface area contributed by atoms with E-state index in [1.54, 1.807) is 44.2 Å². The van der Waals surface area contributed by atoms with Crippen LogP contribution in [0.3, 0.4) is 0 Å². The van der Waals surface area contributed by atoms with Crippen LogP contribution >= 0.6 is 11.6 Å². The van der Waals surface area contributed by atoms with E-state index in [2.05, 4.69) is 15.7 Å². The first kappa shape index (κ1) is 33.3. The zero-order chi connectivity index (χ0) is 33.1. The van der Waals surface area contributed by atoms with Crippen LogP contribution in [0.5, 0.6) is 5.75 Å². The molecule has 0 unspecified atom stereocenters. The number of sulfone groups is 1. The average Bonchev–Trinajstić information content (AvgIpc) is 3.09. The van der Waals surface area contributed by atoms with Gasteiger partial charge in [-0.3, -0.25) is 4.79 Å². The number of aliphatic hydroxyl groups is 1. The molecule has 2 aliphatic heterocycles. The number of carbonyl (C=O) groups is 1. The van der Waals surface area contributed by atoms with E-state index >= 15 is 0 Å². The van der Waals surface area contributed by atoms with Crippen molar-refractivity contribution in [2.45, 2.75) is 68.6 Å². The minimum Gasteiger partial charge on any atom is -0.490 e. The molecule has 2 bridgehead atoms. The number of amides is 1. The summed E-state index contributed by atoms with van der Waals surface area (Å²) >= 11 is 6.39. The second-order valence-corrected chi connectivity index (χ2v) is 18.7. The highest BCUT2D eigenvalue weighted by Crippen LogP contribution is 2.48. The number of nitrogens with one attached hydrogen (secondary N) is 1. The van der Waals surface area contributed by atoms with Crippen LogP contribution in [0.15, 0.2) is 48.6 Å². The van der Waals surface area contributed by atoms with Gasteiger partial charge in [0, 0.05) is 35.3 Å². The van der Waals surface area contributed by atoms with Gasteiger partial charge < -0.3 is 14.7 Å². The molecule has 0 aromatic heterocycles. The van der Waals surface area contributed by atoms with E-state index in [1.165, 1.54) is 11.1 Å². The number of hydrogen-bond acceptors (Lipinski definition) is 8. The molecule has 6 rings (SSSR count). The van der Waals surface area contributed by atoms with Crippen LogP contribution in [0.2, 0.25) is 5.02 Å². The summed E-state index contributed by atoms with van der Waals surface area (Å²) in [6.07, 6.45) is 8.90. The molecule has 1 saturated carbocycles. The van der Waals surface area contributed by atoms with Gasteiger partial charge in [0.1, 0.15) is 5.75 Å². The third kappa shape index (κ3) is 6.44. The van der Waals surface area contributed by atoms with Crippen molar-refractivity contribution in [3.63, 3.8) is 0 Å². The lowest BCUT2D eigenvalue weighted by atomic mass is 9.64. The summed E-state index contributed by atoms with van der Waals surface area (Å²) in [5.74, 6) is -1.30. The van der Waals surface area contributed by atoms with Gasteiger partial charge in [-0.1, -0.05) is 36.7 Å². The summed E-state index contributed by atoms with van der Waals surface area (Å²) in [5.41, 5.74) is 1.25. The number of hydrogen-bond donors (Lipinski definition) is 2. The third-order valence-corrected chi connectivity index (χ3v) is 13.9. The van der Waals surface area contributed by atoms with Gasteiger partial charge in [-0.25, -0.2) is 21.6 Å². The van der Waals surface area contributed by atoms with Gasteiger partial charge in [-0.15, -0.1) is 0 Å². The van der Waals surface area contributed by atoms with Crippen molar-refractivity contribution >= 4 is 43.1 Å². The average molecular weight is 691 g/mol. The molecule has 0 radical (unpaired) electrons. The van der Waals surface area contributed by atoms with Crippen LogP contribution < -0.4 is 14.4 Å². The Morgan fingerprint density at radius 2 is 1.93 bits per heavy atom. The van der Waals surface area contributed by atoms with E-state index in [9.17, 15) is 26.7 Å². The summed E-state index contributed by atoms with van der Waals surface area (Å²) in [6.45, 7) is 4.78. The van der Waals surface area contributed by atoms with Crippen molar-refractivity contribution in [1.29, 1.82) is 0 Å². The first-order chi connectivity index (χ1) is 21.6. The van der Waals surface area contributed by atoms with E-state index in [0.717, 1.165) is 31.9 Å². The standard InChI is InChI=1S/C34H43ClN2O7S2/c1-22-6-4-15-34(39,21-45(3,40)41)29-11-8-26(29)18-37-19-33(14-5-7-24-16-27(35)10-12-28(24)33)20-44-31-13-9-25(17-30(31)37)32(38)36-46(42,43)23(22)2/h4,9-10,12-13,15-17,22-23,26,29,39H,5-8,11,14,18-21H2,1-3H3,(H,36,38)/b15-4+/t22-,23+,26-,29+,33-,34-/m0/s1. The molecule has 0 saturated heterocycles. The monoisotopic (exact) mass is 690 g/mol. The normalized spacial score (nSPS) is 33.4. The van der Waals surface area contributed by atoms with Crippen LogP contribution in [0.1, 0.15) is 67.4 Å². The maximum Gasteiger partial charge on any atom is 0.264 e. The van der Waals surface area contributed by atoms with Gasteiger partial charge in [-0.05, 0) is 105 Å². The Morgan fingerprint density at radius 1 is 1.15 bits per heavy atom. The Hall–Kier alpha value is -2.60. The van der Waals surface area contributed by atoms with E-state index < -0.39 is 48.3 Å². The second-order valence-electron chi connectivity index (χ2n) is 14.1. The quantitative estimate of drug-likeness (QED) is 0.436. The molecule has 12 heteroatoms. The molecule has 1 fully saturated rings. The van der Waals surface area contributed by atoms with Crippen LogP contribution in [0.25, 0.3) is 0 Å². The second kappa shape index (κ2) is 12.1. The molecule has 1 spiro atoms. The fraction of sp³-hybridized carbons (Fsp3) is 0.559. The Kier molecular flexibility index (Phi) is 8.78. The van der Waals surface area contributed by atoms with Gasteiger partial charge in [0.2, 0.25) is 10.0 Å². The Bertz CT molecular complexity index is 1780. The van der Waals surface area contributed by atoms with Crippen LogP contribution in [-0.2, 0) is 31.7 Å². The minimum absolute atomic E-state index is 0.0326. The molecule has 9 nitrogen and oxygen atoms in total. The summed E-state index contributed by atoms with van der Waals surface area (Å²) in [5, 5.41) is 11.8. The Labute approximate surface area is 277 Å². The molecule has 2 N–H and O–H groups in total. The largest absolute Gasteiger partial charge is 0.490 e. The Morgan fingerprint density at radius 3 is 2.65 bits per heavy atom. The van der Waals surface area contributed by atoms with E-state index in [1.807, 2.05) is 12.1 Å². The molecule has 2 aromatic carbocycles. The number of fused-ring (bicyclic) bond motifs is 4. The van der Waals surface area contributed by atoms with Crippen molar-refractivity contribution in [3.05, 3.63) is 70.3 Å². The maximum absolute atomic E-state index is 13.4. The molecule has 4 aliphatic rings. The summed E-state index contributed by atoms with van der Waals surface area (Å²) in [6, 6.07) is 11.0. The summed E-state index contributed by atoms with van der Waals surface area (Å²) < 4.78 is 60.6. The molecule has 250 valence electrons. The van der Waals surface area contributed by atoms with E-state index in [-0.39, 0.29) is 29.2 Å². The van der Waals surface area contributed by atoms with E-state index in [4.69, 9.17) is 16.3 Å². The number of rotatable bonds is 2. The van der Waals surface area contributed by atoms with Gasteiger partial charge in [0.05, 0.1) is 28.9 Å². The molecule has 2 aliphatic carbocycles. The molecule has 6 atom stereocenters. The highest BCUT2D eigenvalue weighted by Gasteiger charge is 2.49. The number of aryl methyl sites for hydroxylation is 1. The molecule has 46 heavy (non-hydrogen) atoms. The smallest absolute Gasteiger partial charge is 0.264 e. The van der Waals surface area contributed by atoms with Crippen LogP contribution in [0, 0.1) is 17.8 Å². The lowest BCUT2D eigenvalue weighted by molar-refractivity contribution is -0.0288.